The number of ether oxygens (including phenoxy) is 2. The second-order valence-corrected chi connectivity index (χ2v) is 15.0. The number of anilines is 1. The van der Waals surface area contributed by atoms with Gasteiger partial charge < -0.3 is 14.8 Å². The zero-order valence-corrected chi connectivity index (χ0v) is 28.8. The second-order valence-electron chi connectivity index (χ2n) is 13.1. The van der Waals surface area contributed by atoms with Crippen molar-refractivity contribution in [3.8, 4) is 5.88 Å². The highest BCUT2D eigenvalue weighted by Crippen LogP contribution is 2.44. The van der Waals surface area contributed by atoms with E-state index >= 15 is 8.60 Å². The van der Waals surface area contributed by atoms with Crippen LogP contribution in [0.1, 0.15) is 45.4 Å². The summed E-state index contributed by atoms with van der Waals surface area (Å²) < 4.78 is 67.4. The smallest absolute Gasteiger partial charge is 0.331 e. The largest absolute Gasteiger partial charge is 0.474 e. The maximum absolute atomic E-state index is 16.0. The number of rotatable bonds is 8. The first-order chi connectivity index (χ1) is 24.8. The summed E-state index contributed by atoms with van der Waals surface area (Å²) in [5.74, 6) is -0.178. The van der Waals surface area contributed by atoms with Crippen molar-refractivity contribution in [2.45, 2.75) is 61.4 Å². The van der Waals surface area contributed by atoms with Gasteiger partial charge in [0.05, 0.1) is 12.7 Å². The quantitative estimate of drug-likeness (QED) is 0.170. The molecule has 262 valence electrons. The zero-order chi connectivity index (χ0) is 35.2. The maximum Gasteiger partial charge on any atom is 0.331 e. The van der Waals surface area contributed by atoms with Crippen molar-refractivity contribution in [3.05, 3.63) is 142 Å². The molecule has 1 aliphatic heterocycles. The number of hydrogen-bond acceptors (Lipinski definition) is 6. The summed E-state index contributed by atoms with van der Waals surface area (Å²) in [6.07, 6.45) is 1.56. The van der Waals surface area contributed by atoms with Gasteiger partial charge in [0.1, 0.15) is 35.1 Å². The topological polar surface area (TPSA) is 107 Å². The van der Waals surface area contributed by atoms with Gasteiger partial charge in [-0.25, -0.2) is 27.2 Å². The lowest BCUT2D eigenvalue weighted by Crippen LogP contribution is -2.39. The van der Waals surface area contributed by atoms with Crippen molar-refractivity contribution < 1.29 is 27.3 Å². The molecule has 5 aromatic rings. The Hall–Kier alpha value is -5.07. The standard InChI is InChI=1S/C39H37F2N5O4S/c1-49-29-23-46-37(50-24-29)34(22-42-46)51(48,44-38(47)43-36-31-19-11-18-30(31)35(41)32-20-28(40)21-33(32)36)45-39(25-12-5-2-6-13-25,26-14-7-3-8-15-26)27-16-9-4-10-17-27/h2-10,12-17,22,28-29H,11,18-21,23-24H2,1H3,(H2,43,44,45,47,48)/t28-,29-,51+/m0/s1. The number of aromatic nitrogens is 2. The van der Waals surface area contributed by atoms with E-state index in [1.165, 1.54) is 6.20 Å². The van der Waals surface area contributed by atoms with Crippen molar-refractivity contribution in [3.63, 3.8) is 0 Å². The number of fused-ring (bicyclic) bond motifs is 3. The van der Waals surface area contributed by atoms with Crippen LogP contribution in [0.15, 0.2) is 106 Å². The second kappa shape index (κ2) is 13.2. The minimum Gasteiger partial charge on any atom is -0.474 e. The molecule has 2 N–H and O–H groups in total. The van der Waals surface area contributed by atoms with E-state index in [9.17, 15) is 9.18 Å². The summed E-state index contributed by atoms with van der Waals surface area (Å²) in [5, 5.41) is 7.39. The number of carbonyl (C=O) groups excluding carboxylic acids is 1. The molecule has 1 aromatic heterocycles. The van der Waals surface area contributed by atoms with Crippen LogP contribution < -0.4 is 14.8 Å². The van der Waals surface area contributed by atoms with E-state index in [-0.39, 0.29) is 42.1 Å². The highest BCUT2D eigenvalue weighted by Gasteiger charge is 2.41. The van der Waals surface area contributed by atoms with E-state index in [2.05, 4.69) is 15.1 Å². The van der Waals surface area contributed by atoms with E-state index in [4.69, 9.17) is 13.8 Å². The summed E-state index contributed by atoms with van der Waals surface area (Å²) in [7, 11) is -2.41. The fourth-order valence-corrected chi connectivity index (χ4v) is 9.53. The van der Waals surface area contributed by atoms with Gasteiger partial charge >= 0.3 is 6.03 Å². The first-order valence-corrected chi connectivity index (χ1v) is 18.6. The minimum absolute atomic E-state index is 0.0144. The highest BCUT2D eigenvalue weighted by molar-refractivity contribution is 7.92. The molecule has 3 atom stereocenters. The van der Waals surface area contributed by atoms with E-state index in [0.717, 1.165) is 0 Å². The third-order valence-electron chi connectivity index (χ3n) is 10.1. The van der Waals surface area contributed by atoms with Gasteiger partial charge in [-0.15, -0.1) is 0 Å². The molecule has 2 amide bonds. The van der Waals surface area contributed by atoms with Crippen molar-refractivity contribution in [1.82, 2.24) is 14.5 Å². The van der Waals surface area contributed by atoms with Crippen LogP contribution in [-0.4, -0.2) is 46.0 Å². The fraction of sp³-hybridized carbons (Fsp3) is 0.282. The lowest BCUT2D eigenvalue weighted by atomic mass is 9.78. The number of urea groups is 1. The Morgan fingerprint density at radius 3 is 2.12 bits per heavy atom. The van der Waals surface area contributed by atoms with E-state index in [0.29, 0.717) is 70.4 Å². The molecule has 0 unspecified atom stereocenters. The highest BCUT2D eigenvalue weighted by atomic mass is 32.2. The zero-order valence-electron chi connectivity index (χ0n) is 28.0. The Kier molecular flexibility index (Phi) is 8.59. The molecular weight excluding hydrogens is 673 g/mol. The molecule has 0 spiro atoms. The van der Waals surface area contributed by atoms with Crippen LogP contribution in [-0.2, 0) is 52.4 Å². The molecule has 0 radical (unpaired) electrons. The van der Waals surface area contributed by atoms with Crippen LogP contribution in [0.3, 0.4) is 0 Å². The van der Waals surface area contributed by atoms with Crippen LogP contribution >= 0.6 is 0 Å². The SMILES string of the molecule is CO[C@@H]1COc2c([S@](=O)(=NC(c3ccccc3)(c3ccccc3)c3ccccc3)NC(=O)Nc3c4c(c(F)c5c3C[C@@H](F)C5)CCC4)cnn2C1. The first-order valence-electron chi connectivity index (χ1n) is 17.0. The lowest BCUT2D eigenvalue weighted by molar-refractivity contribution is 0.0165. The van der Waals surface area contributed by atoms with Crippen molar-refractivity contribution >= 4 is 21.6 Å². The van der Waals surface area contributed by atoms with Crippen molar-refractivity contribution in [2.75, 3.05) is 19.0 Å². The molecule has 9 nitrogen and oxygen atoms in total. The van der Waals surface area contributed by atoms with Crippen LogP contribution in [0.25, 0.3) is 0 Å². The Balaban J connectivity index is 1.34. The predicted octanol–water partition coefficient (Wildman–Crippen LogP) is 6.91. The lowest BCUT2D eigenvalue weighted by Gasteiger charge is -2.33. The van der Waals surface area contributed by atoms with Crippen LogP contribution in [0.5, 0.6) is 5.88 Å². The number of hydrogen-bond donors (Lipinski definition) is 2. The van der Waals surface area contributed by atoms with E-state index in [1.54, 1.807) is 11.8 Å². The van der Waals surface area contributed by atoms with Gasteiger partial charge in [0, 0.05) is 25.6 Å². The van der Waals surface area contributed by atoms with Gasteiger partial charge in [-0.2, -0.15) is 9.46 Å². The predicted molar refractivity (Wildman–Crippen MR) is 189 cm³/mol. The summed E-state index contributed by atoms with van der Waals surface area (Å²) in [4.78, 5) is 14.4. The van der Waals surface area contributed by atoms with Gasteiger partial charge in [0.25, 0.3) is 0 Å². The molecule has 0 fully saturated rings. The molecule has 2 heterocycles. The Bertz CT molecular complexity index is 2130. The Morgan fingerprint density at radius 1 is 0.922 bits per heavy atom. The molecular formula is C39H37F2N5O4S. The monoisotopic (exact) mass is 709 g/mol. The number of alkyl halides is 1. The number of nitrogens with one attached hydrogen (secondary N) is 2. The van der Waals surface area contributed by atoms with Crippen LogP contribution in [0.4, 0.5) is 19.3 Å². The molecule has 4 aromatic carbocycles. The Labute approximate surface area is 295 Å². The fourth-order valence-electron chi connectivity index (χ4n) is 7.68. The van der Waals surface area contributed by atoms with Gasteiger partial charge in [0.2, 0.25) is 5.88 Å². The number of methoxy groups -OCH3 is 1. The Morgan fingerprint density at radius 2 is 1.51 bits per heavy atom. The summed E-state index contributed by atoms with van der Waals surface area (Å²) in [6.45, 7) is 0.517. The molecule has 0 saturated heterocycles. The number of nitrogens with zero attached hydrogens (tertiary/aromatic N) is 3. The number of carbonyl (C=O) groups is 1. The van der Waals surface area contributed by atoms with Crippen molar-refractivity contribution in [1.29, 1.82) is 0 Å². The van der Waals surface area contributed by atoms with Gasteiger partial charge in [-0.05, 0) is 58.2 Å². The maximum atomic E-state index is 16.0. The molecule has 0 bridgehead atoms. The normalized spacial score (nSPS) is 18.9. The molecule has 51 heavy (non-hydrogen) atoms. The average Bonchev–Trinajstić information content (AvgIpc) is 3.92. The average molecular weight is 710 g/mol. The summed E-state index contributed by atoms with van der Waals surface area (Å²) in [6, 6.07) is 27.6. The molecule has 12 heteroatoms. The number of halogens is 2. The van der Waals surface area contributed by atoms with Gasteiger partial charge in [-0.1, -0.05) is 91.0 Å². The molecule has 3 aliphatic rings. The van der Waals surface area contributed by atoms with E-state index in [1.807, 2.05) is 91.0 Å². The molecule has 2 aliphatic carbocycles. The third-order valence-corrected chi connectivity index (χ3v) is 11.9. The van der Waals surface area contributed by atoms with Gasteiger partial charge in [-0.3, -0.25) is 0 Å². The molecule has 8 rings (SSSR count). The van der Waals surface area contributed by atoms with Crippen LogP contribution in [0.2, 0.25) is 0 Å². The van der Waals surface area contributed by atoms with Crippen molar-refractivity contribution in [2.24, 2.45) is 4.36 Å². The summed E-state index contributed by atoms with van der Waals surface area (Å²) in [5.41, 5.74) is 3.03. The van der Waals surface area contributed by atoms with Gasteiger partial charge in [0.15, 0.2) is 9.92 Å². The number of amides is 2. The summed E-state index contributed by atoms with van der Waals surface area (Å²) >= 11 is 0. The first kappa shape index (κ1) is 33.1. The number of benzene rings is 4. The van der Waals surface area contributed by atoms with Crippen LogP contribution in [0, 0.1) is 5.82 Å². The third kappa shape index (κ3) is 5.76. The minimum atomic E-state index is -3.99. The van der Waals surface area contributed by atoms with E-state index < -0.39 is 27.7 Å². The molecule has 0 saturated carbocycles.